The number of anilines is 2. The number of nitrogens with one attached hydrogen (secondary N) is 1. The van der Waals surface area contributed by atoms with Gasteiger partial charge in [0.05, 0.1) is 24.8 Å². The number of rotatable bonds is 6. The van der Waals surface area contributed by atoms with E-state index in [0.717, 1.165) is 42.5 Å². The molecule has 1 aromatic carbocycles. The second-order valence-electron chi connectivity index (χ2n) is 7.07. The third-order valence-corrected chi connectivity index (χ3v) is 6.08. The minimum absolute atomic E-state index is 0.0122. The number of methoxy groups -OCH3 is 2. The highest BCUT2D eigenvalue weighted by Crippen LogP contribution is 2.28. The lowest BCUT2D eigenvalue weighted by Crippen LogP contribution is -2.39. The Morgan fingerprint density at radius 2 is 1.87 bits per heavy atom. The molecule has 8 heteroatoms. The van der Waals surface area contributed by atoms with Crippen LogP contribution >= 0.6 is 11.3 Å². The number of aromatic nitrogens is 2. The van der Waals surface area contributed by atoms with E-state index in [1.807, 2.05) is 17.5 Å². The molecule has 3 aromatic rings. The number of benzene rings is 1. The number of thiophene rings is 1. The molecule has 156 valence electrons. The Hall–Kier alpha value is -3.13. The van der Waals surface area contributed by atoms with Crippen LogP contribution in [0.2, 0.25) is 0 Å². The van der Waals surface area contributed by atoms with Gasteiger partial charge in [0.1, 0.15) is 11.5 Å². The Labute approximate surface area is 179 Å². The highest BCUT2D eigenvalue weighted by Gasteiger charge is 2.26. The molecule has 1 N–H and O–H groups in total. The summed E-state index contributed by atoms with van der Waals surface area (Å²) in [5, 5.41) is 5.04. The number of carbonyl (C=O) groups excluding carboxylic acids is 1. The molecule has 0 spiro atoms. The van der Waals surface area contributed by atoms with Gasteiger partial charge in [-0.25, -0.2) is 9.97 Å². The minimum atomic E-state index is -0.0566. The molecule has 2 aromatic heterocycles. The topological polar surface area (TPSA) is 76.6 Å². The number of amides is 1. The fraction of sp³-hybridized carbons (Fsp3) is 0.318. The van der Waals surface area contributed by atoms with Crippen LogP contribution in [-0.2, 0) is 4.79 Å². The summed E-state index contributed by atoms with van der Waals surface area (Å²) < 4.78 is 10.5. The van der Waals surface area contributed by atoms with E-state index in [9.17, 15) is 4.79 Å². The van der Waals surface area contributed by atoms with Gasteiger partial charge in [0, 0.05) is 49.1 Å². The normalized spacial score (nSPS) is 14.4. The molecule has 0 bridgehead atoms. The zero-order valence-corrected chi connectivity index (χ0v) is 17.8. The molecular formula is C22H24N4O3S. The Bertz CT molecular complexity index is 979. The molecule has 1 aliphatic rings. The molecule has 4 rings (SSSR count). The highest BCUT2D eigenvalue weighted by molar-refractivity contribution is 7.13. The molecule has 1 saturated heterocycles. The summed E-state index contributed by atoms with van der Waals surface area (Å²) in [4.78, 5) is 25.2. The summed E-state index contributed by atoms with van der Waals surface area (Å²) in [5.41, 5.74) is 1.60. The smallest absolute Gasteiger partial charge is 0.227 e. The first-order valence-electron chi connectivity index (χ1n) is 9.82. The molecule has 3 heterocycles. The first-order chi connectivity index (χ1) is 14.7. The Morgan fingerprint density at radius 3 is 2.50 bits per heavy atom. The predicted octanol–water partition coefficient (Wildman–Crippen LogP) is 4.08. The van der Waals surface area contributed by atoms with E-state index in [0.29, 0.717) is 17.2 Å². The van der Waals surface area contributed by atoms with Crippen LogP contribution in [0.1, 0.15) is 12.8 Å². The summed E-state index contributed by atoms with van der Waals surface area (Å²) in [7, 11) is 3.18. The summed E-state index contributed by atoms with van der Waals surface area (Å²) >= 11 is 1.66. The molecule has 0 aliphatic carbocycles. The van der Waals surface area contributed by atoms with Crippen LogP contribution in [0.15, 0.2) is 48.0 Å². The molecule has 7 nitrogen and oxygen atoms in total. The molecule has 0 saturated carbocycles. The molecular weight excluding hydrogens is 400 g/mol. The van der Waals surface area contributed by atoms with Gasteiger partial charge >= 0.3 is 0 Å². The Kier molecular flexibility index (Phi) is 6.13. The minimum Gasteiger partial charge on any atom is -0.497 e. The van der Waals surface area contributed by atoms with E-state index in [1.54, 1.807) is 50.0 Å². The van der Waals surface area contributed by atoms with Crippen LogP contribution in [0.25, 0.3) is 10.6 Å². The van der Waals surface area contributed by atoms with Gasteiger partial charge in [-0.1, -0.05) is 6.07 Å². The van der Waals surface area contributed by atoms with Gasteiger partial charge in [0.25, 0.3) is 0 Å². The fourth-order valence-corrected chi connectivity index (χ4v) is 4.22. The number of hydrogen-bond donors (Lipinski definition) is 1. The molecule has 1 amide bonds. The number of ether oxygens (including phenoxy) is 2. The third-order valence-electron chi connectivity index (χ3n) is 5.18. The number of hydrogen-bond acceptors (Lipinski definition) is 7. The maximum absolute atomic E-state index is 12.8. The van der Waals surface area contributed by atoms with Crippen LogP contribution in [0, 0.1) is 5.92 Å². The monoisotopic (exact) mass is 424 g/mol. The fourth-order valence-electron chi connectivity index (χ4n) is 3.53. The number of nitrogens with zero attached hydrogens (tertiary/aromatic N) is 3. The second-order valence-corrected chi connectivity index (χ2v) is 8.02. The third kappa shape index (κ3) is 4.54. The van der Waals surface area contributed by atoms with Crippen LogP contribution in [-0.4, -0.2) is 43.2 Å². The molecule has 0 atom stereocenters. The SMILES string of the molecule is COc1cc(NC(=O)C2CCN(c3nccc(-c4cccs4)n3)CC2)cc(OC)c1. The highest BCUT2D eigenvalue weighted by atomic mass is 32.1. The van der Waals surface area contributed by atoms with Crippen molar-refractivity contribution < 1.29 is 14.3 Å². The number of carbonyl (C=O) groups is 1. The van der Waals surface area contributed by atoms with Crippen LogP contribution < -0.4 is 19.7 Å². The lowest BCUT2D eigenvalue weighted by molar-refractivity contribution is -0.120. The van der Waals surface area contributed by atoms with Crippen LogP contribution in [0.5, 0.6) is 11.5 Å². The van der Waals surface area contributed by atoms with Crippen molar-refractivity contribution in [2.24, 2.45) is 5.92 Å². The van der Waals surface area contributed by atoms with Crippen molar-refractivity contribution in [2.45, 2.75) is 12.8 Å². The van der Waals surface area contributed by atoms with E-state index in [2.05, 4.69) is 21.3 Å². The molecule has 0 unspecified atom stereocenters. The van der Waals surface area contributed by atoms with Crippen molar-refractivity contribution in [1.29, 1.82) is 0 Å². The van der Waals surface area contributed by atoms with Crippen LogP contribution in [0.4, 0.5) is 11.6 Å². The van der Waals surface area contributed by atoms with Gasteiger partial charge in [0.2, 0.25) is 11.9 Å². The molecule has 30 heavy (non-hydrogen) atoms. The average Bonchev–Trinajstić information content (AvgIpc) is 3.34. The lowest BCUT2D eigenvalue weighted by Gasteiger charge is -2.31. The van der Waals surface area contributed by atoms with Crippen molar-refractivity contribution in [2.75, 3.05) is 37.5 Å². The van der Waals surface area contributed by atoms with E-state index >= 15 is 0 Å². The quantitative estimate of drug-likeness (QED) is 0.643. The zero-order chi connectivity index (χ0) is 20.9. The van der Waals surface area contributed by atoms with Crippen molar-refractivity contribution >= 4 is 28.9 Å². The van der Waals surface area contributed by atoms with E-state index < -0.39 is 0 Å². The Balaban J connectivity index is 1.38. The van der Waals surface area contributed by atoms with Gasteiger partial charge in [-0.05, 0) is 30.4 Å². The average molecular weight is 425 g/mol. The van der Waals surface area contributed by atoms with E-state index in [1.165, 1.54) is 0 Å². The largest absolute Gasteiger partial charge is 0.497 e. The van der Waals surface area contributed by atoms with Crippen LogP contribution in [0.3, 0.4) is 0 Å². The first kappa shape index (κ1) is 20.2. The number of piperidine rings is 1. The van der Waals surface area contributed by atoms with Gasteiger partial charge in [-0.15, -0.1) is 11.3 Å². The summed E-state index contributed by atoms with van der Waals surface area (Å²) in [6.45, 7) is 1.49. The van der Waals surface area contributed by atoms with Crippen molar-refractivity contribution in [3.05, 3.63) is 48.0 Å². The molecule has 0 radical (unpaired) electrons. The summed E-state index contributed by atoms with van der Waals surface area (Å²) in [6.07, 6.45) is 3.30. The van der Waals surface area contributed by atoms with Gasteiger partial charge in [-0.2, -0.15) is 0 Å². The second kappa shape index (κ2) is 9.13. The zero-order valence-electron chi connectivity index (χ0n) is 17.0. The summed E-state index contributed by atoms with van der Waals surface area (Å²) in [5.74, 6) is 1.96. The standard InChI is InChI=1S/C22H24N4O3S/c1-28-17-12-16(13-18(14-17)29-2)24-21(27)15-6-9-26(10-7-15)22-23-8-5-19(25-22)20-4-3-11-30-20/h3-5,8,11-15H,6-7,9-10H2,1-2H3,(H,24,27). The predicted molar refractivity (Wildman–Crippen MR) is 118 cm³/mol. The van der Waals surface area contributed by atoms with Gasteiger partial charge in [-0.3, -0.25) is 4.79 Å². The maximum Gasteiger partial charge on any atom is 0.227 e. The Morgan fingerprint density at radius 1 is 1.13 bits per heavy atom. The molecule has 1 aliphatic heterocycles. The van der Waals surface area contributed by atoms with Crippen molar-refractivity contribution in [3.63, 3.8) is 0 Å². The molecule has 1 fully saturated rings. The first-order valence-corrected chi connectivity index (χ1v) is 10.7. The summed E-state index contributed by atoms with van der Waals surface area (Å²) in [6, 6.07) is 11.4. The van der Waals surface area contributed by atoms with Crippen molar-refractivity contribution in [1.82, 2.24) is 9.97 Å². The van der Waals surface area contributed by atoms with Gasteiger partial charge in [0.15, 0.2) is 0 Å². The van der Waals surface area contributed by atoms with E-state index in [-0.39, 0.29) is 11.8 Å². The van der Waals surface area contributed by atoms with Crippen molar-refractivity contribution in [3.8, 4) is 22.1 Å². The van der Waals surface area contributed by atoms with E-state index in [4.69, 9.17) is 14.5 Å². The lowest BCUT2D eigenvalue weighted by atomic mass is 9.96. The maximum atomic E-state index is 12.8. The van der Waals surface area contributed by atoms with Gasteiger partial charge < -0.3 is 19.7 Å².